The first-order valence-corrected chi connectivity index (χ1v) is 8.12. The van der Waals surface area contributed by atoms with Crippen LogP contribution in [0.1, 0.15) is 30.2 Å². The molecule has 6 heteroatoms. The summed E-state index contributed by atoms with van der Waals surface area (Å²) in [6.45, 7) is 4.11. The first kappa shape index (κ1) is 15.3. The van der Waals surface area contributed by atoms with Crippen molar-refractivity contribution >= 4 is 33.5 Å². The van der Waals surface area contributed by atoms with Gasteiger partial charge in [-0.05, 0) is 38.1 Å². The topological polar surface area (TPSA) is 72.7 Å². The Bertz CT molecular complexity index is 1080. The van der Waals surface area contributed by atoms with Gasteiger partial charge in [0.1, 0.15) is 0 Å². The fraction of sp³-hybridized carbons (Fsp3) is 0.158. The maximum absolute atomic E-state index is 12.7. The van der Waals surface area contributed by atoms with Gasteiger partial charge in [0.2, 0.25) is 0 Å². The Kier molecular flexibility index (Phi) is 3.65. The molecule has 0 bridgehead atoms. The average molecular weight is 331 g/mol. The van der Waals surface area contributed by atoms with Crippen molar-refractivity contribution in [3.05, 3.63) is 60.6 Å². The molecule has 124 valence electrons. The quantitative estimate of drug-likeness (QED) is 0.619. The minimum absolute atomic E-state index is 0.184. The molecule has 0 aliphatic carbocycles. The third-order valence-electron chi connectivity index (χ3n) is 4.07. The van der Waals surface area contributed by atoms with Gasteiger partial charge in [0, 0.05) is 28.6 Å². The number of hydrogen-bond donors (Lipinski definition) is 1. The Hall–Kier alpha value is -3.28. The van der Waals surface area contributed by atoms with Crippen molar-refractivity contribution in [3.8, 4) is 0 Å². The molecule has 0 aliphatic heterocycles. The number of aromatic nitrogens is 4. The lowest BCUT2D eigenvalue weighted by Crippen LogP contribution is -2.12. The van der Waals surface area contributed by atoms with Gasteiger partial charge in [-0.1, -0.05) is 12.1 Å². The number of benzene rings is 1. The number of pyridine rings is 2. The fourth-order valence-electron chi connectivity index (χ4n) is 2.89. The van der Waals surface area contributed by atoms with Crippen molar-refractivity contribution in [1.29, 1.82) is 0 Å². The highest BCUT2D eigenvalue weighted by atomic mass is 16.1. The number of nitrogens with zero attached hydrogens (tertiary/aromatic N) is 4. The molecule has 25 heavy (non-hydrogen) atoms. The van der Waals surface area contributed by atoms with E-state index < -0.39 is 0 Å². The monoisotopic (exact) mass is 331 g/mol. The summed E-state index contributed by atoms with van der Waals surface area (Å²) in [5.41, 5.74) is 2.83. The molecule has 0 radical (unpaired) electrons. The molecular formula is C19H17N5O. The average Bonchev–Trinajstić information content (AvgIpc) is 3.04. The predicted molar refractivity (Wildman–Crippen MR) is 97.6 cm³/mol. The summed E-state index contributed by atoms with van der Waals surface area (Å²) in [4.78, 5) is 21.4. The zero-order valence-electron chi connectivity index (χ0n) is 14.0. The van der Waals surface area contributed by atoms with Crippen LogP contribution in [-0.4, -0.2) is 25.7 Å². The van der Waals surface area contributed by atoms with Crippen LogP contribution in [0.4, 0.5) is 5.69 Å². The fourth-order valence-corrected chi connectivity index (χ4v) is 2.89. The van der Waals surface area contributed by atoms with E-state index in [1.54, 1.807) is 24.7 Å². The largest absolute Gasteiger partial charge is 0.321 e. The number of rotatable bonds is 3. The third kappa shape index (κ3) is 2.71. The lowest BCUT2D eigenvalue weighted by Gasteiger charge is -2.09. The number of amides is 1. The molecular weight excluding hydrogens is 314 g/mol. The molecule has 3 heterocycles. The van der Waals surface area contributed by atoms with Crippen LogP contribution in [0.25, 0.3) is 21.9 Å². The van der Waals surface area contributed by atoms with Gasteiger partial charge in [-0.3, -0.25) is 9.78 Å². The third-order valence-corrected chi connectivity index (χ3v) is 4.07. The van der Waals surface area contributed by atoms with E-state index in [9.17, 15) is 4.79 Å². The number of hydrogen-bond acceptors (Lipinski definition) is 4. The number of carbonyl (C=O) groups excluding carboxylic acids is 1. The van der Waals surface area contributed by atoms with E-state index >= 15 is 0 Å². The second-order valence-electron chi connectivity index (χ2n) is 6.15. The van der Waals surface area contributed by atoms with Crippen LogP contribution >= 0.6 is 0 Å². The van der Waals surface area contributed by atoms with Gasteiger partial charge < -0.3 is 5.32 Å². The molecule has 0 unspecified atom stereocenters. The van der Waals surface area contributed by atoms with Crippen molar-refractivity contribution in [2.75, 3.05) is 5.32 Å². The Morgan fingerprint density at radius 2 is 2.00 bits per heavy atom. The lowest BCUT2D eigenvalue weighted by molar-refractivity contribution is 0.102. The minimum atomic E-state index is -0.184. The maximum Gasteiger partial charge on any atom is 0.256 e. The molecule has 4 aromatic rings. The van der Waals surface area contributed by atoms with Gasteiger partial charge in [0.15, 0.2) is 5.65 Å². The molecule has 1 amide bonds. The normalized spacial score (nSPS) is 11.3. The van der Waals surface area contributed by atoms with Crippen molar-refractivity contribution < 1.29 is 4.79 Å². The molecule has 3 aromatic heterocycles. The van der Waals surface area contributed by atoms with Gasteiger partial charge in [-0.25, -0.2) is 9.67 Å². The van der Waals surface area contributed by atoms with Crippen LogP contribution in [-0.2, 0) is 0 Å². The minimum Gasteiger partial charge on any atom is -0.321 e. The zero-order valence-corrected chi connectivity index (χ0v) is 14.0. The molecule has 0 saturated heterocycles. The number of nitrogens with one attached hydrogen (secondary N) is 1. The van der Waals surface area contributed by atoms with Gasteiger partial charge in [-0.15, -0.1) is 0 Å². The smallest absolute Gasteiger partial charge is 0.256 e. The van der Waals surface area contributed by atoms with Crippen LogP contribution in [0, 0.1) is 0 Å². The highest BCUT2D eigenvalue weighted by Crippen LogP contribution is 2.21. The van der Waals surface area contributed by atoms with Crippen molar-refractivity contribution in [1.82, 2.24) is 19.7 Å². The Labute approximate surface area is 144 Å². The first-order chi connectivity index (χ1) is 12.1. The molecule has 0 spiro atoms. The van der Waals surface area contributed by atoms with Crippen molar-refractivity contribution in [3.63, 3.8) is 0 Å². The molecule has 0 atom stereocenters. The molecule has 0 aliphatic rings. The van der Waals surface area contributed by atoms with Gasteiger partial charge in [0.25, 0.3) is 5.91 Å². The zero-order chi connectivity index (χ0) is 17.4. The Balaban J connectivity index is 1.67. The van der Waals surface area contributed by atoms with Crippen molar-refractivity contribution in [2.24, 2.45) is 0 Å². The Morgan fingerprint density at radius 3 is 2.84 bits per heavy atom. The molecule has 1 N–H and O–H groups in total. The maximum atomic E-state index is 12.7. The summed E-state index contributed by atoms with van der Waals surface area (Å²) >= 11 is 0. The summed E-state index contributed by atoms with van der Waals surface area (Å²) in [6.07, 6.45) is 5.14. The van der Waals surface area contributed by atoms with E-state index in [1.807, 2.05) is 35.0 Å². The summed E-state index contributed by atoms with van der Waals surface area (Å²) in [6, 6.07) is 11.3. The number of fused-ring (bicyclic) bond motifs is 2. The molecule has 0 fully saturated rings. The van der Waals surface area contributed by atoms with E-state index in [0.717, 1.165) is 21.9 Å². The van der Waals surface area contributed by atoms with E-state index in [-0.39, 0.29) is 11.9 Å². The highest BCUT2D eigenvalue weighted by Gasteiger charge is 2.12. The number of anilines is 1. The van der Waals surface area contributed by atoms with E-state index in [4.69, 9.17) is 0 Å². The van der Waals surface area contributed by atoms with Gasteiger partial charge in [-0.2, -0.15) is 5.10 Å². The van der Waals surface area contributed by atoms with Gasteiger partial charge >= 0.3 is 0 Å². The lowest BCUT2D eigenvalue weighted by atomic mass is 10.1. The highest BCUT2D eigenvalue weighted by molar-refractivity contribution is 6.12. The second kappa shape index (κ2) is 5.98. The van der Waals surface area contributed by atoms with Crippen LogP contribution in [0.3, 0.4) is 0 Å². The van der Waals surface area contributed by atoms with Crippen LogP contribution < -0.4 is 5.32 Å². The molecule has 4 rings (SSSR count). The molecule has 1 aromatic carbocycles. The predicted octanol–water partition coefficient (Wildman–Crippen LogP) is 3.81. The van der Waals surface area contributed by atoms with Crippen LogP contribution in [0.15, 0.2) is 55.0 Å². The van der Waals surface area contributed by atoms with E-state index in [2.05, 4.69) is 34.2 Å². The van der Waals surface area contributed by atoms with E-state index in [0.29, 0.717) is 11.3 Å². The summed E-state index contributed by atoms with van der Waals surface area (Å²) in [7, 11) is 0. The number of carbonyl (C=O) groups is 1. The molecule has 6 nitrogen and oxygen atoms in total. The first-order valence-electron chi connectivity index (χ1n) is 8.12. The van der Waals surface area contributed by atoms with Crippen LogP contribution in [0.5, 0.6) is 0 Å². The summed E-state index contributed by atoms with van der Waals surface area (Å²) in [5, 5.41) is 8.98. The SMILES string of the molecule is CC(C)n1ncc2cc(NC(=O)c3cccc4ncccc34)cnc21. The second-order valence-corrected chi connectivity index (χ2v) is 6.15. The molecule has 0 saturated carbocycles. The van der Waals surface area contributed by atoms with Crippen molar-refractivity contribution in [2.45, 2.75) is 19.9 Å². The van der Waals surface area contributed by atoms with E-state index in [1.165, 1.54) is 0 Å². The summed E-state index contributed by atoms with van der Waals surface area (Å²) < 4.78 is 1.86. The van der Waals surface area contributed by atoms with Gasteiger partial charge in [0.05, 0.1) is 23.6 Å². The standard InChI is InChI=1S/C19H17N5O/c1-12(2)24-18-13(10-22-24)9-14(11-21-18)23-19(25)16-5-3-7-17-15(16)6-4-8-20-17/h3-12H,1-2H3,(H,23,25). The Morgan fingerprint density at radius 1 is 1.12 bits per heavy atom. The summed E-state index contributed by atoms with van der Waals surface area (Å²) in [5.74, 6) is -0.184. The van der Waals surface area contributed by atoms with Crippen LogP contribution in [0.2, 0.25) is 0 Å².